The van der Waals surface area contributed by atoms with Crippen molar-refractivity contribution >= 4 is 54.4 Å². The molecule has 0 bridgehead atoms. The van der Waals surface area contributed by atoms with Crippen molar-refractivity contribution in [2.75, 3.05) is 0 Å². The Labute approximate surface area is 209 Å². The Kier molecular flexibility index (Phi) is 5.91. The average Bonchev–Trinajstić information content (AvgIpc) is 3.52. The summed E-state index contributed by atoms with van der Waals surface area (Å²) < 4.78 is 0. The fraction of sp³-hybridized carbons (Fsp3) is 0. The second-order valence-corrected chi connectivity index (χ2v) is 8.78. The molecule has 0 radical (unpaired) electrons. The van der Waals surface area contributed by atoms with E-state index in [0.717, 1.165) is 0 Å². The molecular formula is C34H26N2. The van der Waals surface area contributed by atoms with E-state index in [1.165, 1.54) is 54.4 Å². The first-order chi connectivity index (χ1) is 17.9. The summed E-state index contributed by atoms with van der Waals surface area (Å²) in [6.07, 6.45) is 0. The van der Waals surface area contributed by atoms with Crippen LogP contribution in [0.4, 0.5) is 0 Å². The summed E-state index contributed by atoms with van der Waals surface area (Å²) in [5.41, 5.74) is 4.85. The SMILES string of the molecule is c1ccc2c(c1)[nH]c1ccccc12.c1ccc2c(c1)[nH]c1ccccc12.c1ccc2ccccc2c1. The minimum atomic E-state index is 1.21. The Morgan fingerprint density at radius 2 is 0.472 bits per heavy atom. The summed E-state index contributed by atoms with van der Waals surface area (Å²) in [4.78, 5) is 6.76. The minimum Gasteiger partial charge on any atom is -0.355 e. The molecule has 0 aliphatic heterocycles. The predicted octanol–water partition coefficient (Wildman–Crippen LogP) is 9.48. The summed E-state index contributed by atoms with van der Waals surface area (Å²) in [5.74, 6) is 0. The van der Waals surface area contributed by atoms with Gasteiger partial charge in [0.25, 0.3) is 0 Å². The molecule has 2 heteroatoms. The Hall–Kier alpha value is -4.82. The number of hydrogen-bond donors (Lipinski definition) is 2. The second-order valence-electron chi connectivity index (χ2n) is 8.78. The van der Waals surface area contributed by atoms with E-state index in [9.17, 15) is 0 Å². The maximum atomic E-state index is 3.38. The summed E-state index contributed by atoms with van der Waals surface area (Å²) in [6.45, 7) is 0. The van der Waals surface area contributed by atoms with Crippen LogP contribution in [-0.2, 0) is 0 Å². The highest BCUT2D eigenvalue weighted by Crippen LogP contribution is 2.25. The summed E-state index contributed by atoms with van der Waals surface area (Å²) in [7, 11) is 0. The summed E-state index contributed by atoms with van der Waals surface area (Å²) in [5, 5.41) is 7.84. The molecule has 0 fully saturated rings. The van der Waals surface area contributed by atoms with Crippen LogP contribution in [0.2, 0.25) is 0 Å². The number of H-pyrrole nitrogens is 2. The lowest BCUT2D eigenvalue weighted by Crippen LogP contribution is -1.67. The van der Waals surface area contributed by atoms with Crippen LogP contribution in [0.5, 0.6) is 0 Å². The number of para-hydroxylation sites is 4. The Balaban J connectivity index is 0.000000101. The highest BCUT2D eigenvalue weighted by atomic mass is 14.7. The number of benzene rings is 6. The highest BCUT2D eigenvalue weighted by Gasteiger charge is 2.01. The zero-order chi connectivity index (χ0) is 24.2. The maximum Gasteiger partial charge on any atom is 0.0464 e. The van der Waals surface area contributed by atoms with Gasteiger partial charge in [-0.2, -0.15) is 0 Å². The van der Waals surface area contributed by atoms with Crippen molar-refractivity contribution in [2.24, 2.45) is 0 Å². The number of hydrogen-bond acceptors (Lipinski definition) is 0. The molecule has 2 aromatic heterocycles. The van der Waals surface area contributed by atoms with Crippen molar-refractivity contribution in [3.63, 3.8) is 0 Å². The van der Waals surface area contributed by atoms with Gasteiger partial charge in [0.2, 0.25) is 0 Å². The first-order valence-corrected chi connectivity index (χ1v) is 12.2. The van der Waals surface area contributed by atoms with E-state index in [2.05, 4.69) is 156 Å². The maximum absolute atomic E-state index is 3.38. The Morgan fingerprint density at radius 1 is 0.250 bits per heavy atom. The van der Waals surface area contributed by atoms with Crippen LogP contribution >= 0.6 is 0 Å². The van der Waals surface area contributed by atoms with Crippen LogP contribution in [0.15, 0.2) is 146 Å². The van der Waals surface area contributed by atoms with Gasteiger partial charge >= 0.3 is 0 Å². The number of rotatable bonds is 0. The van der Waals surface area contributed by atoms with Crippen LogP contribution in [-0.4, -0.2) is 9.97 Å². The molecule has 6 aromatic carbocycles. The van der Waals surface area contributed by atoms with E-state index in [1.54, 1.807) is 0 Å². The van der Waals surface area contributed by atoms with Crippen molar-refractivity contribution in [1.29, 1.82) is 0 Å². The zero-order valence-electron chi connectivity index (χ0n) is 19.9. The fourth-order valence-corrected chi connectivity index (χ4v) is 4.73. The van der Waals surface area contributed by atoms with Crippen LogP contribution in [0.1, 0.15) is 0 Å². The van der Waals surface area contributed by atoms with Crippen LogP contribution < -0.4 is 0 Å². The quantitative estimate of drug-likeness (QED) is 0.225. The third-order valence-corrected chi connectivity index (χ3v) is 6.49. The Morgan fingerprint density at radius 3 is 0.750 bits per heavy atom. The van der Waals surface area contributed by atoms with Gasteiger partial charge in [-0.25, -0.2) is 0 Å². The molecule has 8 aromatic rings. The van der Waals surface area contributed by atoms with Gasteiger partial charge in [-0.15, -0.1) is 0 Å². The van der Waals surface area contributed by atoms with E-state index >= 15 is 0 Å². The van der Waals surface area contributed by atoms with Crippen LogP contribution in [0.3, 0.4) is 0 Å². The Bertz CT molecular complexity index is 1630. The smallest absolute Gasteiger partial charge is 0.0464 e. The first-order valence-electron chi connectivity index (χ1n) is 12.2. The molecule has 172 valence electrons. The third-order valence-electron chi connectivity index (χ3n) is 6.49. The lowest BCUT2D eigenvalue weighted by molar-refractivity contribution is 1.55. The minimum absolute atomic E-state index is 1.21. The monoisotopic (exact) mass is 462 g/mol. The molecular weight excluding hydrogens is 436 g/mol. The molecule has 2 N–H and O–H groups in total. The van der Waals surface area contributed by atoms with Gasteiger partial charge in [0.1, 0.15) is 0 Å². The van der Waals surface area contributed by atoms with Gasteiger partial charge in [0.15, 0.2) is 0 Å². The fourth-order valence-electron chi connectivity index (χ4n) is 4.73. The molecule has 0 saturated heterocycles. The second kappa shape index (κ2) is 9.81. The van der Waals surface area contributed by atoms with Gasteiger partial charge in [-0.1, -0.05) is 121 Å². The van der Waals surface area contributed by atoms with Crippen LogP contribution in [0, 0.1) is 0 Å². The van der Waals surface area contributed by atoms with Crippen molar-refractivity contribution in [3.8, 4) is 0 Å². The largest absolute Gasteiger partial charge is 0.355 e. The lowest BCUT2D eigenvalue weighted by atomic mass is 10.1. The zero-order valence-corrected chi connectivity index (χ0v) is 19.9. The standard InChI is InChI=1S/2C12H9N.C10H8/c2*1-3-7-11-9(5-1)10-6-2-4-8-12(10)13-11;1-2-6-10-8-4-3-7-9(10)5-1/h2*1-8,13H;1-8H. The van der Waals surface area contributed by atoms with Crippen molar-refractivity contribution in [3.05, 3.63) is 146 Å². The van der Waals surface area contributed by atoms with E-state index < -0.39 is 0 Å². The average molecular weight is 463 g/mol. The number of nitrogens with one attached hydrogen (secondary N) is 2. The topological polar surface area (TPSA) is 31.6 Å². The number of aromatic nitrogens is 2. The van der Waals surface area contributed by atoms with E-state index in [-0.39, 0.29) is 0 Å². The molecule has 0 aliphatic carbocycles. The number of aromatic amines is 2. The highest BCUT2D eigenvalue weighted by molar-refractivity contribution is 6.07. The van der Waals surface area contributed by atoms with Gasteiger partial charge in [-0.05, 0) is 35.0 Å². The lowest BCUT2D eigenvalue weighted by Gasteiger charge is -1.92. The van der Waals surface area contributed by atoms with Crippen molar-refractivity contribution < 1.29 is 0 Å². The van der Waals surface area contributed by atoms with Gasteiger partial charge in [0.05, 0.1) is 0 Å². The van der Waals surface area contributed by atoms with Gasteiger partial charge in [-0.3, -0.25) is 0 Å². The first kappa shape index (κ1) is 21.7. The van der Waals surface area contributed by atoms with Gasteiger partial charge < -0.3 is 9.97 Å². The summed E-state index contributed by atoms with van der Waals surface area (Å²) in [6, 6.07) is 50.2. The molecule has 36 heavy (non-hydrogen) atoms. The molecule has 2 heterocycles. The molecule has 0 atom stereocenters. The molecule has 0 saturated carbocycles. The van der Waals surface area contributed by atoms with Crippen molar-refractivity contribution in [1.82, 2.24) is 9.97 Å². The van der Waals surface area contributed by atoms with E-state index in [0.29, 0.717) is 0 Å². The molecule has 0 unspecified atom stereocenters. The van der Waals surface area contributed by atoms with Crippen molar-refractivity contribution in [2.45, 2.75) is 0 Å². The molecule has 0 aliphatic rings. The molecule has 2 nitrogen and oxygen atoms in total. The van der Waals surface area contributed by atoms with Gasteiger partial charge in [0, 0.05) is 43.6 Å². The predicted molar refractivity (Wildman–Crippen MR) is 156 cm³/mol. The normalized spacial score (nSPS) is 10.8. The van der Waals surface area contributed by atoms with Crippen LogP contribution in [0.25, 0.3) is 54.4 Å². The van der Waals surface area contributed by atoms with E-state index in [1.807, 2.05) is 0 Å². The molecule has 0 spiro atoms. The summed E-state index contributed by atoms with van der Waals surface area (Å²) >= 11 is 0. The molecule has 0 amide bonds. The third kappa shape index (κ3) is 4.33. The number of fused-ring (bicyclic) bond motifs is 7. The molecule has 8 rings (SSSR count). The van der Waals surface area contributed by atoms with E-state index in [4.69, 9.17) is 0 Å².